The molecular weight excluding hydrogens is 726 g/mol. The van der Waals surface area contributed by atoms with Crippen molar-refractivity contribution in [3.05, 3.63) is 70.4 Å². The summed E-state index contributed by atoms with van der Waals surface area (Å²) in [6.07, 6.45) is 3.67. The standard InChI is InChI=1S/C31H22ClF4N5O3.C6H11F2N/c1-3-16-19(33)7-6-14-11-15(42)12-18(22(14)16)23-25(32)28-24-27(26(23)36)39-31(43-2)40-30(24)41(9-10-44-28)20(13-21(34)35)17-5-4-8-38-29(17)37;1-5-3-6(7,8)4-9(5)2/h1,4-8,11-12,20-21,42H,9-10,13H2,2H3,(H2,37,38);5H,3-4H2,1-2H3/t20-;5-/m11/s1. The van der Waals surface area contributed by atoms with Crippen molar-refractivity contribution < 1.29 is 40.9 Å². The molecule has 7 rings (SSSR count). The molecular formula is C37H33ClF6N6O3. The largest absolute Gasteiger partial charge is 0.508 e. The lowest BCUT2D eigenvalue weighted by Gasteiger charge is -2.32. The fraction of sp³-hybridized carbons (Fsp3) is 0.324. The molecule has 0 radical (unpaired) electrons. The molecule has 0 saturated carbocycles. The smallest absolute Gasteiger partial charge is 0.318 e. The third-order valence-electron chi connectivity index (χ3n) is 9.28. The van der Waals surface area contributed by atoms with Crippen LogP contribution >= 0.6 is 11.6 Å². The number of halogens is 7. The number of rotatable bonds is 6. The number of hydrogen-bond acceptors (Lipinski definition) is 9. The van der Waals surface area contributed by atoms with Crippen LogP contribution in [0.2, 0.25) is 5.02 Å². The molecule has 16 heteroatoms. The van der Waals surface area contributed by atoms with Crippen molar-refractivity contribution in [3.63, 3.8) is 0 Å². The predicted molar refractivity (Wildman–Crippen MR) is 190 cm³/mol. The average Bonchev–Trinajstić information content (AvgIpc) is 3.23. The second-order valence-electron chi connectivity index (χ2n) is 12.7. The Balaban J connectivity index is 0.000000468. The van der Waals surface area contributed by atoms with Crippen molar-refractivity contribution in [3.8, 4) is 41.0 Å². The third-order valence-corrected chi connectivity index (χ3v) is 9.64. The number of ether oxygens (including phenoxy) is 2. The van der Waals surface area contributed by atoms with Gasteiger partial charge in [0.1, 0.15) is 35.3 Å². The van der Waals surface area contributed by atoms with E-state index in [1.165, 1.54) is 36.4 Å². The summed E-state index contributed by atoms with van der Waals surface area (Å²) in [6.45, 7) is 1.66. The number of pyridine rings is 1. The van der Waals surface area contributed by atoms with Gasteiger partial charge in [0.25, 0.3) is 5.92 Å². The fourth-order valence-electron chi connectivity index (χ4n) is 6.80. The molecule has 1 fully saturated rings. The minimum absolute atomic E-state index is 0.00442. The number of phenols is 1. The molecule has 278 valence electrons. The maximum absolute atomic E-state index is 16.8. The summed E-state index contributed by atoms with van der Waals surface area (Å²) in [4.78, 5) is 15.9. The van der Waals surface area contributed by atoms with Crippen molar-refractivity contribution in [2.24, 2.45) is 0 Å². The van der Waals surface area contributed by atoms with Gasteiger partial charge in [0, 0.05) is 41.6 Å². The van der Waals surface area contributed by atoms with Crippen LogP contribution in [-0.4, -0.2) is 77.2 Å². The van der Waals surface area contributed by atoms with Crippen molar-refractivity contribution in [2.45, 2.75) is 44.2 Å². The topological polar surface area (TPSA) is 110 Å². The second kappa shape index (κ2) is 14.7. The molecule has 4 heterocycles. The summed E-state index contributed by atoms with van der Waals surface area (Å²) in [5.41, 5.74) is 5.62. The number of phenolic OH excluding ortho intramolecular Hbond substituents is 1. The lowest BCUT2D eigenvalue weighted by molar-refractivity contribution is 0.0141. The number of anilines is 2. The molecule has 5 aromatic rings. The van der Waals surface area contributed by atoms with Crippen molar-refractivity contribution >= 4 is 44.9 Å². The summed E-state index contributed by atoms with van der Waals surface area (Å²) in [5.74, 6) is -2.14. The Kier molecular flexibility index (Phi) is 10.4. The molecule has 2 atom stereocenters. The average molecular weight is 759 g/mol. The first-order valence-corrected chi connectivity index (χ1v) is 16.7. The van der Waals surface area contributed by atoms with Crippen LogP contribution in [0.25, 0.3) is 32.8 Å². The first-order chi connectivity index (χ1) is 25.1. The molecule has 0 bridgehead atoms. The summed E-state index contributed by atoms with van der Waals surface area (Å²) >= 11 is 6.87. The Bertz CT molecular complexity index is 2240. The highest BCUT2D eigenvalue weighted by molar-refractivity contribution is 6.37. The van der Waals surface area contributed by atoms with Gasteiger partial charge in [0.05, 0.1) is 42.2 Å². The van der Waals surface area contributed by atoms with Gasteiger partial charge in [-0.25, -0.2) is 31.3 Å². The van der Waals surface area contributed by atoms with Gasteiger partial charge in [-0.3, -0.25) is 4.90 Å². The Morgan fingerprint density at radius 2 is 1.94 bits per heavy atom. The Hall–Kier alpha value is -5.20. The van der Waals surface area contributed by atoms with E-state index in [9.17, 15) is 27.1 Å². The SMILES string of the molecule is C#Cc1c(F)ccc2cc(O)cc(-c3c(Cl)c4c5c(nc(OC)nc5c3F)N([C@H](CC(F)F)c3cccnc3N)CCO4)c12.C[C@@H]1CC(F)(F)CN1C. The highest BCUT2D eigenvalue weighted by Gasteiger charge is 2.41. The number of aromatic nitrogens is 3. The second-order valence-corrected chi connectivity index (χ2v) is 13.1. The summed E-state index contributed by atoms with van der Waals surface area (Å²) < 4.78 is 95.8. The van der Waals surface area contributed by atoms with Gasteiger partial charge in [-0.1, -0.05) is 29.7 Å². The number of nitrogens with two attached hydrogens (primary N) is 1. The van der Waals surface area contributed by atoms with Crippen LogP contribution in [-0.2, 0) is 0 Å². The molecule has 0 spiro atoms. The number of hydrogen-bond donors (Lipinski definition) is 2. The van der Waals surface area contributed by atoms with Crippen LogP contribution in [0.3, 0.4) is 0 Å². The molecule has 0 unspecified atom stereocenters. The van der Waals surface area contributed by atoms with E-state index in [1.54, 1.807) is 24.1 Å². The zero-order valence-corrected chi connectivity index (χ0v) is 29.4. The van der Waals surface area contributed by atoms with E-state index < -0.39 is 36.4 Å². The number of nitrogen functional groups attached to an aromatic ring is 1. The quantitative estimate of drug-likeness (QED) is 0.132. The van der Waals surface area contributed by atoms with E-state index in [0.29, 0.717) is 10.9 Å². The van der Waals surface area contributed by atoms with Gasteiger partial charge in [-0.05, 0) is 49.2 Å². The maximum Gasteiger partial charge on any atom is 0.318 e. The zero-order valence-electron chi connectivity index (χ0n) is 28.6. The molecule has 2 aliphatic heterocycles. The van der Waals surface area contributed by atoms with Gasteiger partial charge >= 0.3 is 6.01 Å². The number of nitrogens with zero attached hydrogens (tertiary/aromatic N) is 5. The summed E-state index contributed by atoms with van der Waals surface area (Å²) in [6, 6.07) is 6.94. The molecule has 2 aliphatic rings. The third kappa shape index (κ3) is 7.13. The van der Waals surface area contributed by atoms with Crippen LogP contribution in [0.4, 0.5) is 38.0 Å². The van der Waals surface area contributed by atoms with Gasteiger partial charge in [-0.15, -0.1) is 6.42 Å². The zero-order chi connectivity index (χ0) is 38.4. The van der Waals surface area contributed by atoms with E-state index in [2.05, 4.69) is 20.9 Å². The van der Waals surface area contributed by atoms with Crippen molar-refractivity contribution in [1.29, 1.82) is 0 Å². The lowest BCUT2D eigenvalue weighted by Crippen LogP contribution is -2.34. The molecule has 2 aromatic heterocycles. The Labute approximate surface area is 305 Å². The molecule has 3 aromatic carbocycles. The van der Waals surface area contributed by atoms with Crippen molar-refractivity contribution in [2.75, 3.05) is 44.5 Å². The summed E-state index contributed by atoms with van der Waals surface area (Å²) in [5, 5.41) is 10.7. The maximum atomic E-state index is 16.8. The monoisotopic (exact) mass is 758 g/mol. The molecule has 0 aliphatic carbocycles. The van der Waals surface area contributed by atoms with Crippen LogP contribution in [0.1, 0.15) is 36.9 Å². The minimum atomic E-state index is -2.75. The van der Waals surface area contributed by atoms with Crippen molar-refractivity contribution in [1.82, 2.24) is 19.9 Å². The summed E-state index contributed by atoms with van der Waals surface area (Å²) in [7, 11) is 2.99. The normalized spacial score (nSPS) is 17.2. The van der Waals surface area contributed by atoms with Crippen LogP contribution in [0, 0.1) is 24.0 Å². The number of alkyl halides is 4. The number of fused-ring (bicyclic) bond motifs is 1. The lowest BCUT2D eigenvalue weighted by atomic mass is 9.92. The van der Waals surface area contributed by atoms with Gasteiger partial charge in [-0.2, -0.15) is 9.97 Å². The highest BCUT2D eigenvalue weighted by Crippen LogP contribution is 2.51. The molecule has 9 nitrogen and oxygen atoms in total. The number of methoxy groups -OCH3 is 1. The van der Waals surface area contributed by atoms with E-state index in [4.69, 9.17) is 33.2 Å². The molecule has 0 amide bonds. The van der Waals surface area contributed by atoms with E-state index in [1.807, 2.05) is 6.92 Å². The van der Waals surface area contributed by atoms with E-state index in [0.717, 1.165) is 6.07 Å². The van der Waals surface area contributed by atoms with Crippen LogP contribution in [0.15, 0.2) is 42.6 Å². The Morgan fingerprint density at radius 3 is 2.55 bits per heavy atom. The Morgan fingerprint density at radius 1 is 1.19 bits per heavy atom. The van der Waals surface area contributed by atoms with Gasteiger partial charge in [0.15, 0.2) is 11.6 Å². The number of aromatic hydroxyl groups is 1. The first-order valence-electron chi connectivity index (χ1n) is 16.3. The minimum Gasteiger partial charge on any atom is -0.508 e. The van der Waals surface area contributed by atoms with Crippen LogP contribution in [0.5, 0.6) is 17.5 Å². The molecule has 1 saturated heterocycles. The number of likely N-dealkylation sites (tertiary alicyclic amines) is 1. The molecule has 3 N–H and O–H groups in total. The first kappa shape index (κ1) is 37.6. The highest BCUT2D eigenvalue weighted by atomic mass is 35.5. The van der Waals surface area contributed by atoms with Gasteiger partial charge in [0.2, 0.25) is 6.43 Å². The predicted octanol–water partition coefficient (Wildman–Crippen LogP) is 8.00. The number of terminal acetylenes is 1. The fourth-order valence-corrected chi connectivity index (χ4v) is 7.13. The number of benzene rings is 3. The van der Waals surface area contributed by atoms with Gasteiger partial charge < -0.3 is 25.2 Å². The van der Waals surface area contributed by atoms with E-state index in [-0.39, 0.29) is 99.3 Å². The van der Waals surface area contributed by atoms with E-state index >= 15 is 4.39 Å². The molecule has 53 heavy (non-hydrogen) atoms. The van der Waals surface area contributed by atoms with Crippen LogP contribution < -0.4 is 20.1 Å².